The summed E-state index contributed by atoms with van der Waals surface area (Å²) in [5.74, 6) is -0.262. The number of hydrogen-bond acceptors (Lipinski definition) is 2. The number of carbonyl (C=O) groups excluding carboxylic acids is 1. The molecule has 18 heavy (non-hydrogen) atoms. The van der Waals surface area contributed by atoms with Crippen molar-refractivity contribution in [2.45, 2.75) is 31.7 Å². The molecule has 0 unspecified atom stereocenters. The Labute approximate surface area is 120 Å². The van der Waals surface area contributed by atoms with Gasteiger partial charge in [-0.1, -0.05) is 12.8 Å². The van der Waals surface area contributed by atoms with E-state index in [4.69, 9.17) is 0 Å². The Kier molecular flexibility index (Phi) is 4.79. The van der Waals surface area contributed by atoms with Gasteiger partial charge in [0.15, 0.2) is 0 Å². The molecule has 3 nitrogen and oxygen atoms in total. The highest BCUT2D eigenvalue weighted by Crippen LogP contribution is 2.19. The largest absolute Gasteiger partial charge is 0.375 e. The lowest BCUT2D eigenvalue weighted by atomic mass is 10.2. The molecule has 0 aromatic heterocycles. The van der Waals surface area contributed by atoms with Gasteiger partial charge >= 0.3 is 0 Å². The molecule has 5 heteroatoms. The van der Waals surface area contributed by atoms with Gasteiger partial charge in [-0.15, -0.1) is 0 Å². The van der Waals surface area contributed by atoms with E-state index in [9.17, 15) is 9.18 Å². The number of anilines is 1. The van der Waals surface area contributed by atoms with Crippen molar-refractivity contribution in [3.05, 3.63) is 27.6 Å². The zero-order valence-corrected chi connectivity index (χ0v) is 12.2. The monoisotopic (exact) mass is 362 g/mol. The fourth-order valence-corrected chi connectivity index (χ4v) is 2.83. The van der Waals surface area contributed by atoms with Gasteiger partial charge in [0.05, 0.1) is 6.54 Å². The maximum Gasteiger partial charge on any atom is 0.239 e. The Bertz CT molecular complexity index is 433. The van der Waals surface area contributed by atoms with Gasteiger partial charge in [0.1, 0.15) is 5.82 Å². The number of benzene rings is 1. The van der Waals surface area contributed by atoms with E-state index in [1.807, 2.05) is 22.6 Å². The first-order chi connectivity index (χ1) is 8.65. The minimum atomic E-state index is -0.264. The molecule has 1 aromatic rings. The van der Waals surface area contributed by atoms with Crippen molar-refractivity contribution in [2.75, 3.05) is 11.9 Å². The molecule has 0 saturated heterocycles. The van der Waals surface area contributed by atoms with Gasteiger partial charge in [0.25, 0.3) is 0 Å². The van der Waals surface area contributed by atoms with Gasteiger partial charge in [-0.2, -0.15) is 0 Å². The average Bonchev–Trinajstić information content (AvgIpc) is 2.80. The molecule has 1 aromatic carbocycles. The maximum absolute atomic E-state index is 12.9. The van der Waals surface area contributed by atoms with E-state index in [-0.39, 0.29) is 18.3 Å². The smallest absolute Gasteiger partial charge is 0.239 e. The van der Waals surface area contributed by atoms with E-state index in [0.29, 0.717) is 6.04 Å². The highest BCUT2D eigenvalue weighted by molar-refractivity contribution is 14.1. The third-order valence-corrected chi connectivity index (χ3v) is 3.98. The van der Waals surface area contributed by atoms with Gasteiger partial charge < -0.3 is 10.6 Å². The summed E-state index contributed by atoms with van der Waals surface area (Å²) in [6, 6.07) is 4.82. The van der Waals surface area contributed by atoms with E-state index >= 15 is 0 Å². The van der Waals surface area contributed by atoms with E-state index in [1.54, 1.807) is 6.07 Å². The molecule has 1 aliphatic rings. The second-order valence-electron chi connectivity index (χ2n) is 4.53. The Balaban J connectivity index is 1.81. The Morgan fingerprint density at radius 1 is 1.39 bits per heavy atom. The predicted octanol–water partition coefficient (Wildman–Crippen LogP) is 2.90. The van der Waals surface area contributed by atoms with E-state index in [0.717, 1.165) is 22.1 Å². The molecule has 2 N–H and O–H groups in total. The summed E-state index contributed by atoms with van der Waals surface area (Å²) in [4.78, 5) is 11.7. The Hall–Kier alpha value is -0.850. The normalized spacial score (nSPS) is 15.7. The molecule has 0 radical (unpaired) electrons. The average molecular weight is 362 g/mol. The van der Waals surface area contributed by atoms with Crippen LogP contribution >= 0.6 is 22.6 Å². The van der Waals surface area contributed by atoms with Crippen LogP contribution < -0.4 is 10.6 Å². The van der Waals surface area contributed by atoms with Crippen molar-refractivity contribution in [3.8, 4) is 0 Å². The number of nitrogens with one attached hydrogen (secondary N) is 2. The van der Waals surface area contributed by atoms with Crippen LogP contribution in [0.3, 0.4) is 0 Å². The SMILES string of the molecule is O=C(CNc1ccc(F)cc1I)NC1CCCC1. The van der Waals surface area contributed by atoms with Crippen molar-refractivity contribution in [1.82, 2.24) is 5.32 Å². The van der Waals surface area contributed by atoms with Crippen molar-refractivity contribution in [3.63, 3.8) is 0 Å². The van der Waals surface area contributed by atoms with Gasteiger partial charge in [-0.05, 0) is 53.6 Å². The molecule has 1 aliphatic carbocycles. The fourth-order valence-electron chi connectivity index (χ4n) is 2.16. The van der Waals surface area contributed by atoms with Gasteiger partial charge in [0.2, 0.25) is 5.91 Å². The number of halogens is 2. The first kappa shape index (κ1) is 13.6. The van der Waals surface area contributed by atoms with E-state index < -0.39 is 0 Å². The first-order valence-corrected chi connectivity index (χ1v) is 7.21. The highest BCUT2D eigenvalue weighted by Gasteiger charge is 2.16. The van der Waals surface area contributed by atoms with Crippen LogP contribution in [0.25, 0.3) is 0 Å². The second kappa shape index (κ2) is 6.36. The van der Waals surface area contributed by atoms with Crippen molar-refractivity contribution < 1.29 is 9.18 Å². The molecule has 1 amide bonds. The number of hydrogen-bond donors (Lipinski definition) is 2. The van der Waals surface area contributed by atoms with E-state index in [2.05, 4.69) is 10.6 Å². The van der Waals surface area contributed by atoms with Gasteiger partial charge in [-0.25, -0.2) is 4.39 Å². The molecule has 1 saturated carbocycles. The van der Waals surface area contributed by atoms with Crippen molar-refractivity contribution >= 4 is 34.2 Å². The first-order valence-electron chi connectivity index (χ1n) is 6.13. The zero-order valence-electron chi connectivity index (χ0n) is 10.0. The molecule has 0 bridgehead atoms. The second-order valence-corrected chi connectivity index (χ2v) is 5.69. The van der Waals surface area contributed by atoms with Crippen LogP contribution in [0.5, 0.6) is 0 Å². The minimum absolute atomic E-state index is 0.00188. The summed E-state index contributed by atoms with van der Waals surface area (Å²) < 4.78 is 13.7. The van der Waals surface area contributed by atoms with Gasteiger partial charge in [0, 0.05) is 15.3 Å². The molecule has 2 rings (SSSR count). The molecule has 1 fully saturated rings. The van der Waals surface area contributed by atoms with Crippen LogP contribution in [-0.4, -0.2) is 18.5 Å². The van der Waals surface area contributed by atoms with Crippen LogP contribution in [0.1, 0.15) is 25.7 Å². The maximum atomic E-state index is 12.9. The number of amides is 1. The standard InChI is InChI=1S/C13H16FIN2O/c14-9-5-6-12(11(15)7-9)16-8-13(18)17-10-3-1-2-4-10/h5-7,10,16H,1-4,8H2,(H,17,18). The van der Waals surface area contributed by atoms with Crippen molar-refractivity contribution in [1.29, 1.82) is 0 Å². The van der Waals surface area contributed by atoms with Crippen LogP contribution in [0.4, 0.5) is 10.1 Å². The molecular weight excluding hydrogens is 346 g/mol. The van der Waals surface area contributed by atoms with E-state index in [1.165, 1.54) is 25.0 Å². The molecule has 0 atom stereocenters. The topological polar surface area (TPSA) is 41.1 Å². The lowest BCUT2D eigenvalue weighted by Gasteiger charge is -2.13. The van der Waals surface area contributed by atoms with Crippen LogP contribution in [0.2, 0.25) is 0 Å². The van der Waals surface area contributed by atoms with Crippen LogP contribution in [0, 0.1) is 9.39 Å². The van der Waals surface area contributed by atoms with Gasteiger partial charge in [-0.3, -0.25) is 4.79 Å². The lowest BCUT2D eigenvalue weighted by molar-refractivity contribution is -0.120. The molecular formula is C13H16FIN2O. The number of carbonyl (C=O) groups is 1. The molecule has 0 aliphatic heterocycles. The summed E-state index contributed by atoms with van der Waals surface area (Å²) in [6.07, 6.45) is 4.57. The van der Waals surface area contributed by atoms with Crippen LogP contribution in [-0.2, 0) is 4.79 Å². The summed E-state index contributed by atoms with van der Waals surface area (Å²) in [7, 11) is 0. The van der Waals surface area contributed by atoms with Crippen LogP contribution in [0.15, 0.2) is 18.2 Å². The lowest BCUT2D eigenvalue weighted by Crippen LogP contribution is -2.36. The Morgan fingerprint density at radius 2 is 2.11 bits per heavy atom. The molecule has 0 heterocycles. The van der Waals surface area contributed by atoms with Crippen molar-refractivity contribution in [2.24, 2.45) is 0 Å². The minimum Gasteiger partial charge on any atom is -0.375 e. The highest BCUT2D eigenvalue weighted by atomic mass is 127. The predicted molar refractivity (Wildman–Crippen MR) is 78.0 cm³/mol. The summed E-state index contributed by atoms with van der Waals surface area (Å²) in [5, 5.41) is 6.03. The quantitative estimate of drug-likeness (QED) is 0.809. The summed E-state index contributed by atoms with van der Waals surface area (Å²) in [5.41, 5.74) is 0.790. The molecule has 98 valence electrons. The zero-order chi connectivity index (χ0) is 13.0. The number of rotatable bonds is 4. The Morgan fingerprint density at radius 3 is 2.78 bits per heavy atom. The summed E-state index contributed by atoms with van der Waals surface area (Å²) >= 11 is 2.05. The third-order valence-electron chi connectivity index (χ3n) is 3.09. The fraction of sp³-hybridized carbons (Fsp3) is 0.462. The molecule has 0 spiro atoms. The summed E-state index contributed by atoms with van der Waals surface area (Å²) in [6.45, 7) is 0.234. The third kappa shape index (κ3) is 3.83.